The summed E-state index contributed by atoms with van der Waals surface area (Å²) >= 11 is 0. The molecule has 76 valence electrons. The largest absolute Gasteiger partial charge is 0.361 e. The molecule has 0 bridgehead atoms. The Labute approximate surface area is 81.0 Å². The lowest BCUT2D eigenvalue weighted by Crippen LogP contribution is -2.28. The summed E-state index contributed by atoms with van der Waals surface area (Å²) in [5, 5.41) is 2.68. The fraction of sp³-hybridized carbons (Fsp3) is 0.375. The van der Waals surface area contributed by atoms with E-state index in [4.69, 9.17) is 0 Å². The first-order valence-corrected chi connectivity index (χ1v) is 4.01. The van der Waals surface area contributed by atoms with Gasteiger partial charge in [0.15, 0.2) is 0 Å². The monoisotopic (exact) mass is 198 g/mol. The Hall–Kier alpha value is -1.72. The molecular formula is C8H11FN4O. The first kappa shape index (κ1) is 10.4. The molecular weight excluding hydrogens is 187 g/mol. The van der Waals surface area contributed by atoms with Crippen molar-refractivity contribution in [3.8, 4) is 0 Å². The predicted octanol–water partition coefficient (Wildman–Crippen LogP) is 0.116. The van der Waals surface area contributed by atoms with Gasteiger partial charge in [-0.3, -0.25) is 4.79 Å². The predicted molar refractivity (Wildman–Crippen MR) is 49.2 cm³/mol. The van der Waals surface area contributed by atoms with Gasteiger partial charge in [0.2, 0.25) is 11.9 Å². The lowest BCUT2D eigenvalue weighted by molar-refractivity contribution is -0.126. The van der Waals surface area contributed by atoms with Crippen LogP contribution in [-0.2, 0) is 4.79 Å². The van der Waals surface area contributed by atoms with Gasteiger partial charge in [-0.25, -0.2) is 9.97 Å². The zero-order valence-electron chi connectivity index (χ0n) is 7.99. The quantitative estimate of drug-likeness (QED) is 0.701. The molecule has 0 aromatic carbocycles. The van der Waals surface area contributed by atoms with Gasteiger partial charge in [0.05, 0.1) is 6.54 Å². The number of likely N-dealkylation sites (N-methyl/N-ethyl adjacent to an activating group) is 1. The molecule has 0 fully saturated rings. The third-order valence-corrected chi connectivity index (χ3v) is 1.55. The van der Waals surface area contributed by atoms with Gasteiger partial charge < -0.3 is 10.2 Å². The Morgan fingerprint density at radius 3 is 2.86 bits per heavy atom. The average Bonchev–Trinajstić information content (AvgIpc) is 2.14. The first-order valence-electron chi connectivity index (χ1n) is 4.01. The van der Waals surface area contributed by atoms with Crippen LogP contribution in [0.4, 0.5) is 10.2 Å². The van der Waals surface area contributed by atoms with E-state index in [1.165, 1.54) is 4.90 Å². The van der Waals surface area contributed by atoms with E-state index in [1.54, 1.807) is 14.1 Å². The number of nitrogens with zero attached hydrogens (tertiary/aromatic N) is 3. The molecule has 0 unspecified atom stereocenters. The van der Waals surface area contributed by atoms with E-state index in [9.17, 15) is 9.18 Å². The number of nitrogens with one attached hydrogen (secondary N) is 1. The van der Waals surface area contributed by atoms with Crippen molar-refractivity contribution in [2.75, 3.05) is 26.0 Å². The van der Waals surface area contributed by atoms with Crippen molar-refractivity contribution in [3.05, 3.63) is 18.3 Å². The Balaban J connectivity index is 2.50. The van der Waals surface area contributed by atoms with Crippen molar-refractivity contribution in [2.45, 2.75) is 0 Å². The first-order chi connectivity index (χ1) is 6.59. The number of hydrogen-bond acceptors (Lipinski definition) is 4. The van der Waals surface area contributed by atoms with Crippen LogP contribution in [0, 0.1) is 5.95 Å². The van der Waals surface area contributed by atoms with E-state index >= 15 is 0 Å². The van der Waals surface area contributed by atoms with Crippen LogP contribution in [0.1, 0.15) is 0 Å². The van der Waals surface area contributed by atoms with E-state index < -0.39 is 5.95 Å². The van der Waals surface area contributed by atoms with Crippen LogP contribution >= 0.6 is 0 Å². The third kappa shape index (κ3) is 2.96. The summed E-state index contributed by atoms with van der Waals surface area (Å²) in [6.45, 7) is 0.0868. The fourth-order valence-electron chi connectivity index (χ4n) is 0.755. The molecule has 0 spiro atoms. The molecule has 14 heavy (non-hydrogen) atoms. The number of rotatable bonds is 3. The summed E-state index contributed by atoms with van der Waals surface area (Å²) in [7, 11) is 3.29. The molecule has 1 rings (SSSR count). The summed E-state index contributed by atoms with van der Waals surface area (Å²) in [6, 6.07) is 1.13. The average molecular weight is 198 g/mol. The van der Waals surface area contributed by atoms with Crippen LogP contribution < -0.4 is 5.32 Å². The van der Waals surface area contributed by atoms with Gasteiger partial charge in [0, 0.05) is 20.2 Å². The molecule has 0 radical (unpaired) electrons. The van der Waals surface area contributed by atoms with Crippen LogP contribution in [0.2, 0.25) is 0 Å². The van der Waals surface area contributed by atoms with Crippen molar-refractivity contribution in [2.24, 2.45) is 0 Å². The minimum absolute atomic E-state index is 0.0868. The smallest absolute Gasteiger partial charge is 0.241 e. The number of amides is 1. The molecule has 1 aromatic rings. The molecule has 0 atom stereocenters. The summed E-state index contributed by atoms with van der Waals surface area (Å²) in [5.41, 5.74) is 0. The summed E-state index contributed by atoms with van der Waals surface area (Å²) in [6.07, 6.45) is 1.10. The van der Waals surface area contributed by atoms with Gasteiger partial charge in [0.1, 0.15) is 12.1 Å². The summed E-state index contributed by atoms with van der Waals surface area (Å²) in [4.78, 5) is 19.6. The number of aromatic nitrogens is 2. The Morgan fingerprint density at radius 2 is 2.29 bits per heavy atom. The van der Waals surface area contributed by atoms with Gasteiger partial charge in [-0.2, -0.15) is 4.39 Å². The minimum atomic E-state index is -0.625. The van der Waals surface area contributed by atoms with Gasteiger partial charge >= 0.3 is 0 Å². The lowest BCUT2D eigenvalue weighted by Gasteiger charge is -2.10. The van der Waals surface area contributed by atoms with E-state index in [-0.39, 0.29) is 12.5 Å². The maximum absolute atomic E-state index is 12.6. The van der Waals surface area contributed by atoms with Gasteiger partial charge in [-0.1, -0.05) is 0 Å². The highest BCUT2D eigenvalue weighted by molar-refractivity contribution is 5.79. The van der Waals surface area contributed by atoms with Gasteiger partial charge in [0.25, 0.3) is 0 Å². The second-order valence-corrected chi connectivity index (χ2v) is 2.87. The topological polar surface area (TPSA) is 58.1 Å². The standard InChI is InChI=1S/C8H11FN4O/c1-13(2)8(14)4-10-7-3-6(9)11-5-12-7/h3,5H,4H2,1-2H3,(H,10,11,12). The van der Waals surface area contributed by atoms with Crippen LogP contribution in [0.3, 0.4) is 0 Å². The van der Waals surface area contributed by atoms with Gasteiger partial charge in [-0.05, 0) is 0 Å². The zero-order chi connectivity index (χ0) is 10.6. The Bertz CT molecular complexity index is 329. The molecule has 6 heteroatoms. The number of hydrogen-bond donors (Lipinski definition) is 1. The van der Waals surface area contributed by atoms with Crippen molar-refractivity contribution in [1.29, 1.82) is 0 Å². The number of anilines is 1. The van der Waals surface area contributed by atoms with Crippen LogP contribution in [0.15, 0.2) is 12.4 Å². The third-order valence-electron chi connectivity index (χ3n) is 1.55. The van der Waals surface area contributed by atoms with Crippen molar-refractivity contribution < 1.29 is 9.18 Å². The molecule has 1 amide bonds. The normalized spacial score (nSPS) is 9.64. The molecule has 1 heterocycles. The van der Waals surface area contributed by atoms with E-state index in [0.717, 1.165) is 12.4 Å². The molecule has 1 aromatic heterocycles. The molecule has 1 N–H and O–H groups in total. The van der Waals surface area contributed by atoms with E-state index in [0.29, 0.717) is 5.82 Å². The molecule has 0 aliphatic carbocycles. The van der Waals surface area contributed by atoms with E-state index in [1.807, 2.05) is 0 Å². The molecule has 0 saturated carbocycles. The highest BCUT2D eigenvalue weighted by atomic mass is 19.1. The second kappa shape index (κ2) is 4.50. The fourth-order valence-corrected chi connectivity index (χ4v) is 0.755. The number of halogens is 1. The Kier molecular flexibility index (Phi) is 3.33. The van der Waals surface area contributed by atoms with Crippen LogP contribution in [0.25, 0.3) is 0 Å². The lowest BCUT2D eigenvalue weighted by atomic mass is 10.5. The van der Waals surface area contributed by atoms with Crippen LogP contribution in [0.5, 0.6) is 0 Å². The molecule has 0 aliphatic heterocycles. The van der Waals surface area contributed by atoms with Crippen molar-refractivity contribution in [3.63, 3.8) is 0 Å². The van der Waals surface area contributed by atoms with Crippen LogP contribution in [-0.4, -0.2) is 41.4 Å². The van der Waals surface area contributed by atoms with Crippen molar-refractivity contribution in [1.82, 2.24) is 14.9 Å². The zero-order valence-corrected chi connectivity index (χ0v) is 7.99. The highest BCUT2D eigenvalue weighted by Crippen LogP contribution is 2.01. The number of carbonyl (C=O) groups is 1. The molecule has 0 aliphatic rings. The molecule has 0 saturated heterocycles. The second-order valence-electron chi connectivity index (χ2n) is 2.87. The Morgan fingerprint density at radius 1 is 1.57 bits per heavy atom. The van der Waals surface area contributed by atoms with Gasteiger partial charge in [-0.15, -0.1) is 0 Å². The molecule has 5 nitrogen and oxygen atoms in total. The maximum atomic E-state index is 12.6. The minimum Gasteiger partial charge on any atom is -0.361 e. The SMILES string of the molecule is CN(C)C(=O)CNc1cc(F)ncn1. The summed E-state index contributed by atoms with van der Waals surface area (Å²) in [5.74, 6) is -0.434. The van der Waals surface area contributed by atoms with Crippen molar-refractivity contribution >= 4 is 11.7 Å². The highest BCUT2D eigenvalue weighted by Gasteiger charge is 2.04. The number of carbonyl (C=O) groups excluding carboxylic acids is 1. The van der Waals surface area contributed by atoms with E-state index in [2.05, 4.69) is 15.3 Å². The maximum Gasteiger partial charge on any atom is 0.241 e. The summed E-state index contributed by atoms with van der Waals surface area (Å²) < 4.78 is 12.6.